The zero-order chi connectivity index (χ0) is 23.5. The van der Waals surface area contributed by atoms with Gasteiger partial charge in [0.05, 0.1) is 23.6 Å². The molecule has 2 aromatic carbocycles. The van der Waals surface area contributed by atoms with Gasteiger partial charge in [-0.2, -0.15) is 5.10 Å². The number of nitrogens with one attached hydrogen (secondary N) is 2. The topological polar surface area (TPSA) is 96.0 Å². The van der Waals surface area contributed by atoms with Crippen molar-refractivity contribution in [1.29, 1.82) is 0 Å². The molecule has 0 radical (unpaired) electrons. The first kappa shape index (κ1) is 21.1. The van der Waals surface area contributed by atoms with E-state index in [0.29, 0.717) is 22.5 Å². The van der Waals surface area contributed by atoms with Crippen LogP contribution >= 0.6 is 0 Å². The maximum atomic E-state index is 12.9. The molecule has 2 N–H and O–H groups in total. The van der Waals surface area contributed by atoms with Crippen molar-refractivity contribution in [3.8, 4) is 22.6 Å². The number of carbonyl (C=O) groups excluding carboxylic acids is 1. The summed E-state index contributed by atoms with van der Waals surface area (Å²) in [6, 6.07) is 20.9. The van der Waals surface area contributed by atoms with Gasteiger partial charge in [0.1, 0.15) is 17.3 Å². The first-order valence-electron chi connectivity index (χ1n) is 10.7. The number of para-hydroxylation sites is 1. The lowest BCUT2D eigenvalue weighted by Gasteiger charge is -2.11. The zero-order valence-electron chi connectivity index (χ0n) is 18.7. The molecule has 0 unspecified atom stereocenters. The van der Waals surface area contributed by atoms with Gasteiger partial charge in [-0.05, 0) is 48.0 Å². The second-order valence-corrected chi connectivity index (χ2v) is 7.91. The summed E-state index contributed by atoms with van der Waals surface area (Å²) in [5, 5.41) is 10.7. The average Bonchev–Trinajstić information content (AvgIpc) is 3.29. The lowest BCUT2D eigenvalue weighted by atomic mass is 10.0. The van der Waals surface area contributed by atoms with Crippen molar-refractivity contribution in [2.45, 2.75) is 0 Å². The van der Waals surface area contributed by atoms with Crippen LogP contribution in [0.4, 0.5) is 11.5 Å². The number of hydrogen-bond donors (Lipinski definition) is 2. The average molecular weight is 451 g/mol. The standard InChI is InChI=1S/C26H22N6O2/c1-32(2)24-11-9-19(15-28-24)29-26(33)25-22-13-17(8-10-23(22)30-31-25)18-12-21(16-27-14-18)34-20-6-4-3-5-7-20/h3-16H,1-2H3,(H,29,33)(H,30,31). The number of ether oxygens (including phenoxy) is 1. The van der Waals surface area contributed by atoms with Crippen molar-refractivity contribution in [3.63, 3.8) is 0 Å². The number of H-pyrrole nitrogens is 1. The number of hydrogen-bond acceptors (Lipinski definition) is 6. The maximum absolute atomic E-state index is 12.9. The van der Waals surface area contributed by atoms with Gasteiger partial charge >= 0.3 is 0 Å². The molecule has 5 rings (SSSR count). The van der Waals surface area contributed by atoms with Crippen LogP contribution in [0.3, 0.4) is 0 Å². The monoisotopic (exact) mass is 450 g/mol. The Bertz CT molecular complexity index is 1450. The molecular formula is C26H22N6O2. The van der Waals surface area contributed by atoms with Crippen molar-refractivity contribution < 1.29 is 9.53 Å². The largest absolute Gasteiger partial charge is 0.456 e. The molecule has 0 aliphatic rings. The van der Waals surface area contributed by atoms with Gasteiger partial charge in [0.25, 0.3) is 5.91 Å². The van der Waals surface area contributed by atoms with Crippen molar-refractivity contribution in [2.75, 3.05) is 24.3 Å². The van der Waals surface area contributed by atoms with E-state index >= 15 is 0 Å². The maximum Gasteiger partial charge on any atom is 0.276 e. The molecule has 3 aromatic heterocycles. The molecule has 5 aromatic rings. The van der Waals surface area contributed by atoms with Gasteiger partial charge < -0.3 is 15.0 Å². The Balaban J connectivity index is 1.41. The predicted molar refractivity (Wildman–Crippen MR) is 132 cm³/mol. The summed E-state index contributed by atoms with van der Waals surface area (Å²) in [5.74, 6) is 1.85. The quantitative estimate of drug-likeness (QED) is 0.372. The highest BCUT2D eigenvalue weighted by Gasteiger charge is 2.16. The number of aromatic amines is 1. The molecule has 34 heavy (non-hydrogen) atoms. The summed E-state index contributed by atoms with van der Waals surface area (Å²) in [7, 11) is 3.82. The first-order chi connectivity index (χ1) is 16.6. The SMILES string of the molecule is CN(C)c1ccc(NC(=O)c2n[nH]c3ccc(-c4cncc(Oc5ccccc5)c4)cc23)cn1. The second-order valence-electron chi connectivity index (χ2n) is 7.91. The minimum absolute atomic E-state index is 0.304. The van der Waals surface area contributed by atoms with Gasteiger partial charge in [-0.25, -0.2) is 4.98 Å². The van der Waals surface area contributed by atoms with Crippen LogP contribution in [-0.4, -0.2) is 40.2 Å². The Hall–Kier alpha value is -4.72. The second kappa shape index (κ2) is 9.03. The molecule has 1 amide bonds. The van der Waals surface area contributed by atoms with Crippen molar-refractivity contribution in [3.05, 3.63) is 91.0 Å². The molecule has 0 spiro atoms. The molecule has 0 saturated carbocycles. The number of benzene rings is 2. The van der Waals surface area contributed by atoms with E-state index in [1.807, 2.05) is 85.7 Å². The smallest absolute Gasteiger partial charge is 0.276 e. The summed E-state index contributed by atoms with van der Waals surface area (Å²) in [6.45, 7) is 0. The van der Waals surface area contributed by atoms with Gasteiger partial charge in [0.15, 0.2) is 5.69 Å². The highest BCUT2D eigenvalue weighted by molar-refractivity contribution is 6.11. The van der Waals surface area contributed by atoms with Gasteiger partial charge in [-0.15, -0.1) is 0 Å². The Labute approximate surface area is 196 Å². The number of carbonyl (C=O) groups is 1. The van der Waals surface area contributed by atoms with E-state index < -0.39 is 0 Å². The summed E-state index contributed by atoms with van der Waals surface area (Å²) in [4.78, 5) is 23.5. The summed E-state index contributed by atoms with van der Waals surface area (Å²) in [6.07, 6.45) is 5.05. The van der Waals surface area contributed by atoms with Crippen LogP contribution in [0.15, 0.2) is 85.3 Å². The van der Waals surface area contributed by atoms with Crippen molar-refractivity contribution >= 4 is 28.3 Å². The molecule has 0 aliphatic heterocycles. The van der Waals surface area contributed by atoms with Crippen LogP contribution in [0.5, 0.6) is 11.5 Å². The summed E-state index contributed by atoms with van der Waals surface area (Å²) >= 11 is 0. The Morgan fingerprint density at radius 3 is 2.53 bits per heavy atom. The minimum Gasteiger partial charge on any atom is -0.456 e. The van der Waals surface area contributed by atoms with E-state index in [4.69, 9.17) is 4.74 Å². The van der Waals surface area contributed by atoms with E-state index in [1.54, 1.807) is 18.6 Å². The van der Waals surface area contributed by atoms with Gasteiger partial charge in [-0.3, -0.25) is 14.9 Å². The first-order valence-corrected chi connectivity index (χ1v) is 10.7. The van der Waals surface area contributed by atoms with Gasteiger partial charge in [-0.1, -0.05) is 24.3 Å². The molecule has 0 aliphatic carbocycles. The van der Waals surface area contributed by atoms with Crippen LogP contribution in [0.1, 0.15) is 10.5 Å². The molecule has 0 saturated heterocycles. The summed E-state index contributed by atoms with van der Waals surface area (Å²) in [5.41, 5.74) is 3.42. The number of aromatic nitrogens is 4. The lowest BCUT2D eigenvalue weighted by molar-refractivity contribution is 0.102. The fourth-order valence-electron chi connectivity index (χ4n) is 3.54. The molecule has 0 bridgehead atoms. The fourth-order valence-corrected chi connectivity index (χ4v) is 3.54. The number of rotatable bonds is 6. The number of pyridine rings is 2. The molecule has 8 heteroatoms. The van der Waals surface area contributed by atoms with Gasteiger partial charge in [0.2, 0.25) is 0 Å². The van der Waals surface area contributed by atoms with Crippen molar-refractivity contribution in [2.24, 2.45) is 0 Å². The fraction of sp³-hybridized carbons (Fsp3) is 0.0769. The third kappa shape index (κ3) is 4.42. The van der Waals surface area contributed by atoms with Crippen LogP contribution in [0.25, 0.3) is 22.0 Å². The van der Waals surface area contributed by atoms with Crippen LogP contribution in [0.2, 0.25) is 0 Å². The zero-order valence-corrected chi connectivity index (χ0v) is 18.7. The Morgan fingerprint density at radius 1 is 0.912 bits per heavy atom. The third-order valence-electron chi connectivity index (χ3n) is 5.27. The normalized spacial score (nSPS) is 10.8. The molecule has 8 nitrogen and oxygen atoms in total. The summed E-state index contributed by atoms with van der Waals surface area (Å²) < 4.78 is 5.91. The molecular weight excluding hydrogens is 428 g/mol. The minimum atomic E-state index is -0.318. The van der Waals surface area contributed by atoms with Crippen LogP contribution in [0, 0.1) is 0 Å². The van der Waals surface area contributed by atoms with E-state index in [0.717, 1.165) is 28.2 Å². The van der Waals surface area contributed by atoms with Crippen molar-refractivity contribution in [1.82, 2.24) is 20.2 Å². The lowest BCUT2D eigenvalue weighted by Crippen LogP contribution is -2.14. The molecule has 3 heterocycles. The highest BCUT2D eigenvalue weighted by Crippen LogP contribution is 2.29. The van der Waals surface area contributed by atoms with E-state index in [2.05, 4.69) is 25.5 Å². The Kier molecular flexibility index (Phi) is 5.61. The van der Waals surface area contributed by atoms with E-state index in [9.17, 15) is 4.79 Å². The molecule has 0 atom stereocenters. The third-order valence-corrected chi connectivity index (χ3v) is 5.27. The van der Waals surface area contributed by atoms with Gasteiger partial charge in [0, 0.05) is 31.2 Å². The Morgan fingerprint density at radius 2 is 1.76 bits per heavy atom. The number of anilines is 2. The van der Waals surface area contributed by atoms with E-state index in [-0.39, 0.29) is 5.91 Å². The molecule has 168 valence electrons. The van der Waals surface area contributed by atoms with Crippen LogP contribution in [-0.2, 0) is 0 Å². The number of fused-ring (bicyclic) bond motifs is 1. The predicted octanol–water partition coefficient (Wildman–Crippen LogP) is 5.13. The highest BCUT2D eigenvalue weighted by atomic mass is 16.5. The number of amides is 1. The molecule has 0 fully saturated rings. The van der Waals surface area contributed by atoms with E-state index in [1.165, 1.54) is 0 Å². The number of nitrogens with zero attached hydrogens (tertiary/aromatic N) is 4. The van der Waals surface area contributed by atoms with Crippen LogP contribution < -0.4 is 15.0 Å².